The second kappa shape index (κ2) is 10.1. The molecule has 27 heavy (non-hydrogen) atoms. The van der Waals surface area contributed by atoms with E-state index in [1.165, 1.54) is 4.90 Å². The van der Waals surface area contributed by atoms with Crippen LogP contribution >= 0.6 is 0 Å². The van der Waals surface area contributed by atoms with Crippen molar-refractivity contribution in [3.63, 3.8) is 0 Å². The molecular weight excluding hydrogens is 342 g/mol. The molecule has 0 aromatic heterocycles. The van der Waals surface area contributed by atoms with Crippen LogP contribution in [0, 0.1) is 0 Å². The van der Waals surface area contributed by atoms with Gasteiger partial charge in [-0.05, 0) is 12.1 Å². The third-order valence-corrected chi connectivity index (χ3v) is 4.88. The summed E-state index contributed by atoms with van der Waals surface area (Å²) in [5.74, 6) is 0.704. The van der Waals surface area contributed by atoms with E-state index >= 15 is 0 Å². The fourth-order valence-corrected chi connectivity index (χ4v) is 3.34. The number of hydrogen-bond donors (Lipinski definition) is 3. The predicted octanol–water partition coefficient (Wildman–Crippen LogP) is -0.146. The lowest BCUT2D eigenvalue weighted by molar-refractivity contribution is -0.921. The SMILES string of the molecule is COc1cccc(NC(=O)[C@H]([NH2+]CC[NH+]2CCOCC2)c2ccccc2)c1. The maximum atomic E-state index is 13.0. The number of rotatable bonds is 8. The lowest BCUT2D eigenvalue weighted by atomic mass is 10.1. The first kappa shape index (κ1) is 19.4. The molecule has 2 aromatic carbocycles. The van der Waals surface area contributed by atoms with Crippen LogP contribution in [0.15, 0.2) is 54.6 Å². The van der Waals surface area contributed by atoms with E-state index in [1.807, 2.05) is 54.6 Å². The number of nitrogens with one attached hydrogen (secondary N) is 2. The largest absolute Gasteiger partial charge is 0.497 e. The van der Waals surface area contributed by atoms with E-state index in [0.29, 0.717) is 0 Å². The second-order valence-corrected chi connectivity index (χ2v) is 6.75. The van der Waals surface area contributed by atoms with Crippen molar-refractivity contribution in [3.8, 4) is 5.75 Å². The fraction of sp³-hybridized carbons (Fsp3) is 0.381. The molecule has 0 spiro atoms. The van der Waals surface area contributed by atoms with E-state index in [0.717, 1.165) is 56.4 Å². The molecule has 1 heterocycles. The van der Waals surface area contributed by atoms with Crippen LogP contribution in [-0.2, 0) is 9.53 Å². The molecular formula is C21H29N3O3+2. The summed E-state index contributed by atoms with van der Waals surface area (Å²) in [4.78, 5) is 14.5. The zero-order chi connectivity index (χ0) is 18.9. The number of carbonyl (C=O) groups is 1. The van der Waals surface area contributed by atoms with Gasteiger partial charge in [-0.2, -0.15) is 0 Å². The molecule has 3 rings (SSSR count). The molecule has 0 unspecified atom stereocenters. The van der Waals surface area contributed by atoms with E-state index in [9.17, 15) is 4.79 Å². The van der Waals surface area contributed by atoms with Crippen LogP contribution in [0.2, 0.25) is 0 Å². The van der Waals surface area contributed by atoms with Gasteiger partial charge in [0.05, 0.1) is 20.3 Å². The summed E-state index contributed by atoms with van der Waals surface area (Å²) in [6.07, 6.45) is 0. The Labute approximate surface area is 160 Å². The van der Waals surface area contributed by atoms with Crippen LogP contribution in [0.5, 0.6) is 5.75 Å². The highest BCUT2D eigenvalue weighted by Gasteiger charge is 2.25. The summed E-state index contributed by atoms with van der Waals surface area (Å²) in [7, 11) is 1.62. The quantitative estimate of drug-likeness (QED) is 0.605. The molecule has 1 aliphatic rings. The second-order valence-electron chi connectivity index (χ2n) is 6.75. The number of amides is 1. The number of carbonyl (C=O) groups excluding carboxylic acids is 1. The van der Waals surface area contributed by atoms with E-state index < -0.39 is 0 Å². The molecule has 2 aromatic rings. The van der Waals surface area contributed by atoms with E-state index in [1.54, 1.807) is 7.11 Å². The minimum Gasteiger partial charge on any atom is -0.497 e. The minimum atomic E-state index is -0.280. The smallest absolute Gasteiger partial charge is 0.287 e. The topological polar surface area (TPSA) is 68.6 Å². The highest BCUT2D eigenvalue weighted by molar-refractivity contribution is 5.94. The van der Waals surface area contributed by atoms with Crippen LogP contribution in [0.4, 0.5) is 5.69 Å². The first-order chi connectivity index (χ1) is 13.3. The van der Waals surface area contributed by atoms with Crippen LogP contribution in [0.3, 0.4) is 0 Å². The molecule has 1 fully saturated rings. The minimum absolute atomic E-state index is 0.0218. The maximum Gasteiger partial charge on any atom is 0.287 e. The normalized spacial score (nSPS) is 15.9. The Morgan fingerprint density at radius 3 is 2.70 bits per heavy atom. The van der Waals surface area contributed by atoms with Crippen molar-refractivity contribution in [1.82, 2.24) is 0 Å². The van der Waals surface area contributed by atoms with Crippen LogP contribution in [-0.4, -0.2) is 52.4 Å². The fourth-order valence-electron chi connectivity index (χ4n) is 3.34. The van der Waals surface area contributed by atoms with Gasteiger partial charge in [0.25, 0.3) is 5.91 Å². The Morgan fingerprint density at radius 1 is 1.19 bits per heavy atom. The van der Waals surface area contributed by atoms with Crippen molar-refractivity contribution in [1.29, 1.82) is 0 Å². The van der Waals surface area contributed by atoms with Gasteiger partial charge >= 0.3 is 0 Å². The van der Waals surface area contributed by atoms with Gasteiger partial charge in [0.15, 0.2) is 6.04 Å². The van der Waals surface area contributed by atoms with Gasteiger partial charge in [0.1, 0.15) is 31.9 Å². The number of hydrogen-bond acceptors (Lipinski definition) is 3. The average molecular weight is 371 g/mol. The molecule has 0 saturated carbocycles. The summed E-state index contributed by atoms with van der Waals surface area (Å²) in [6.45, 7) is 5.65. The Kier molecular flexibility index (Phi) is 7.21. The zero-order valence-corrected chi connectivity index (χ0v) is 15.8. The number of benzene rings is 2. The van der Waals surface area contributed by atoms with Gasteiger partial charge in [0, 0.05) is 17.3 Å². The van der Waals surface area contributed by atoms with Crippen molar-refractivity contribution in [2.24, 2.45) is 0 Å². The molecule has 1 atom stereocenters. The van der Waals surface area contributed by atoms with Gasteiger partial charge in [-0.25, -0.2) is 0 Å². The summed E-state index contributed by atoms with van der Waals surface area (Å²) in [5.41, 5.74) is 1.75. The van der Waals surface area contributed by atoms with Gasteiger partial charge < -0.3 is 25.0 Å². The van der Waals surface area contributed by atoms with Gasteiger partial charge in [-0.1, -0.05) is 36.4 Å². The zero-order valence-electron chi connectivity index (χ0n) is 15.8. The summed E-state index contributed by atoms with van der Waals surface area (Å²) < 4.78 is 10.7. The first-order valence-electron chi connectivity index (χ1n) is 9.51. The third kappa shape index (κ3) is 5.79. The summed E-state index contributed by atoms with van der Waals surface area (Å²) in [6, 6.07) is 17.1. The van der Waals surface area contributed by atoms with Gasteiger partial charge in [-0.3, -0.25) is 4.79 Å². The Morgan fingerprint density at radius 2 is 1.96 bits per heavy atom. The highest BCUT2D eigenvalue weighted by Crippen LogP contribution is 2.18. The van der Waals surface area contributed by atoms with Crippen molar-refractivity contribution in [2.75, 3.05) is 51.8 Å². The predicted molar refractivity (Wildman–Crippen MR) is 104 cm³/mol. The Balaban J connectivity index is 1.64. The van der Waals surface area contributed by atoms with Crippen molar-refractivity contribution >= 4 is 11.6 Å². The molecule has 1 aliphatic heterocycles. The first-order valence-corrected chi connectivity index (χ1v) is 9.51. The van der Waals surface area contributed by atoms with E-state index in [4.69, 9.17) is 9.47 Å². The Bertz CT molecular complexity index is 718. The highest BCUT2D eigenvalue weighted by atomic mass is 16.5. The number of nitrogens with two attached hydrogens (primary N) is 1. The van der Waals surface area contributed by atoms with E-state index in [2.05, 4.69) is 10.6 Å². The molecule has 4 N–H and O–H groups in total. The molecule has 6 heteroatoms. The molecule has 6 nitrogen and oxygen atoms in total. The van der Waals surface area contributed by atoms with Gasteiger partial charge in [0.2, 0.25) is 0 Å². The van der Waals surface area contributed by atoms with E-state index in [-0.39, 0.29) is 11.9 Å². The molecule has 144 valence electrons. The summed E-state index contributed by atoms with van der Waals surface area (Å²) in [5, 5.41) is 5.16. The number of quaternary nitrogens is 2. The van der Waals surface area contributed by atoms with Crippen molar-refractivity contribution in [3.05, 3.63) is 60.2 Å². The molecule has 0 bridgehead atoms. The van der Waals surface area contributed by atoms with Crippen molar-refractivity contribution < 1.29 is 24.5 Å². The van der Waals surface area contributed by atoms with Crippen LogP contribution in [0.1, 0.15) is 11.6 Å². The average Bonchev–Trinajstić information content (AvgIpc) is 2.72. The monoisotopic (exact) mass is 371 g/mol. The number of anilines is 1. The molecule has 0 aliphatic carbocycles. The lowest BCUT2D eigenvalue weighted by Gasteiger charge is -2.24. The molecule has 1 saturated heterocycles. The number of morpholine rings is 1. The lowest BCUT2D eigenvalue weighted by Crippen LogP contribution is -3.16. The maximum absolute atomic E-state index is 13.0. The molecule has 0 radical (unpaired) electrons. The number of methoxy groups -OCH3 is 1. The van der Waals surface area contributed by atoms with Crippen LogP contribution in [0.25, 0.3) is 0 Å². The summed E-state index contributed by atoms with van der Waals surface area (Å²) >= 11 is 0. The number of ether oxygens (including phenoxy) is 2. The third-order valence-electron chi connectivity index (χ3n) is 4.88. The van der Waals surface area contributed by atoms with Gasteiger partial charge in [-0.15, -0.1) is 0 Å². The Hall–Kier alpha value is -2.41. The van der Waals surface area contributed by atoms with Crippen molar-refractivity contribution in [2.45, 2.75) is 6.04 Å². The molecule has 1 amide bonds. The van der Waals surface area contributed by atoms with Crippen LogP contribution < -0.4 is 20.3 Å². The standard InChI is InChI=1S/C21H27N3O3/c1-26-19-9-5-8-18(16-19)23-21(25)20(17-6-3-2-4-7-17)22-10-11-24-12-14-27-15-13-24/h2-9,16,20,22H,10-15H2,1H3,(H,23,25)/p+2/t20-/m1/s1.